The van der Waals surface area contributed by atoms with Crippen molar-refractivity contribution in [3.05, 3.63) is 109 Å². The van der Waals surface area contributed by atoms with E-state index in [1.54, 1.807) is 11.3 Å². The quantitative estimate of drug-likeness (QED) is 0.290. The summed E-state index contributed by atoms with van der Waals surface area (Å²) in [4.78, 5) is 13.1. The van der Waals surface area contributed by atoms with Crippen molar-refractivity contribution in [3.63, 3.8) is 0 Å². The van der Waals surface area contributed by atoms with Gasteiger partial charge in [0.25, 0.3) is 0 Å². The Morgan fingerprint density at radius 3 is 2.03 bits per heavy atom. The Labute approximate surface area is 238 Å². The highest BCUT2D eigenvalue weighted by Gasteiger charge is 2.21. The highest BCUT2D eigenvalue weighted by molar-refractivity contribution is 7.87. The van der Waals surface area contributed by atoms with Crippen LogP contribution in [-0.4, -0.2) is 33.0 Å². The second-order valence-corrected chi connectivity index (χ2v) is 11.0. The van der Waals surface area contributed by atoms with E-state index in [1.165, 1.54) is 19.3 Å². The van der Waals surface area contributed by atoms with E-state index >= 15 is 0 Å². The van der Waals surface area contributed by atoms with Crippen LogP contribution in [0.3, 0.4) is 0 Å². The van der Waals surface area contributed by atoms with Crippen molar-refractivity contribution in [1.29, 1.82) is 0 Å². The van der Waals surface area contributed by atoms with E-state index in [0.717, 1.165) is 63.3 Å². The third kappa shape index (κ3) is 10.3. The zero-order valence-corrected chi connectivity index (χ0v) is 24.1. The fourth-order valence-electron chi connectivity index (χ4n) is 3.61. The van der Waals surface area contributed by atoms with Crippen LogP contribution >= 0.6 is 11.3 Å². The molecule has 4 nitrogen and oxygen atoms in total. The lowest BCUT2D eigenvalue weighted by atomic mass is 10.1. The Morgan fingerprint density at radius 2 is 1.49 bits per heavy atom. The van der Waals surface area contributed by atoms with Gasteiger partial charge in [0.05, 0.1) is 20.4 Å². The van der Waals surface area contributed by atoms with Crippen LogP contribution < -0.4 is 4.90 Å². The Bertz CT molecular complexity index is 1470. The minimum atomic E-state index is -0.948. The summed E-state index contributed by atoms with van der Waals surface area (Å²) in [5, 5.41) is 1.06. The Kier molecular flexibility index (Phi) is 14.6. The monoisotopic (exact) mass is 551 g/mol. The summed E-state index contributed by atoms with van der Waals surface area (Å²) in [5.74, 6) is 2.49. The second kappa shape index (κ2) is 18.2. The highest BCUT2D eigenvalue weighted by atomic mass is 32.2. The molecule has 3 aromatic rings. The van der Waals surface area contributed by atoms with Crippen molar-refractivity contribution < 1.29 is 4.21 Å². The van der Waals surface area contributed by atoms with Crippen LogP contribution in [0.4, 0.5) is 5.82 Å². The van der Waals surface area contributed by atoms with Gasteiger partial charge in [0, 0.05) is 24.4 Å². The van der Waals surface area contributed by atoms with Gasteiger partial charge in [-0.1, -0.05) is 66.6 Å². The molecule has 0 saturated carbocycles. The number of piperidine rings is 1. The van der Waals surface area contributed by atoms with Crippen molar-refractivity contribution in [2.24, 2.45) is 0 Å². The normalized spacial score (nSPS) is 12.1. The summed E-state index contributed by atoms with van der Waals surface area (Å²) >= 11 is 1.56. The third-order valence-corrected chi connectivity index (χ3v) is 8.28. The molecule has 2 aromatic heterocycles. The van der Waals surface area contributed by atoms with Crippen molar-refractivity contribution >= 4 is 38.2 Å². The van der Waals surface area contributed by atoms with Gasteiger partial charge >= 0.3 is 0 Å². The van der Waals surface area contributed by atoms with Gasteiger partial charge in [0.2, 0.25) is 0 Å². The topological polar surface area (TPSA) is 46.1 Å². The first-order valence-corrected chi connectivity index (χ1v) is 14.8. The lowest BCUT2D eigenvalue weighted by Crippen LogP contribution is -2.30. The lowest BCUT2D eigenvalue weighted by molar-refractivity contribution is 0.575. The standard InChI is InChI=1S/C21H25N3OS2.2C6H4/c1-2-3-14-27(25)18-15-17-20(24-12-8-5-9-13-24)22-19(23-21(17)26-18)16-10-6-4-7-11-16;2*1-3-5-6-4-2/h4,6-7,10-11,15H,2-3,5,8-9,12-14H2,1H3;2*1-2H2. The maximum atomic E-state index is 12.7. The fraction of sp³-hybridized carbons (Fsp3) is 0.273. The van der Waals surface area contributed by atoms with Gasteiger partial charge in [0.15, 0.2) is 5.82 Å². The van der Waals surface area contributed by atoms with E-state index in [4.69, 9.17) is 9.97 Å². The van der Waals surface area contributed by atoms with Gasteiger partial charge in [-0.3, -0.25) is 4.21 Å². The zero-order valence-electron chi connectivity index (χ0n) is 22.5. The molecule has 6 heteroatoms. The minimum Gasteiger partial charge on any atom is -0.356 e. The molecule has 0 radical (unpaired) electrons. The Hall–Kier alpha value is -4.07. The van der Waals surface area contributed by atoms with E-state index < -0.39 is 10.8 Å². The third-order valence-electron chi connectivity index (χ3n) is 5.42. The molecule has 1 unspecified atom stereocenters. The number of anilines is 1. The lowest BCUT2D eigenvalue weighted by Gasteiger charge is -2.28. The summed E-state index contributed by atoms with van der Waals surface area (Å²) in [5.41, 5.74) is 20.1. The SMILES string of the molecule is C=C=C=C=C=C.C=C=C=C=C=C.CCCCS(=O)c1cc2c(N3CCCCC3)nc(-c3ccccc3)nc2s1. The number of hydrogen-bond acceptors (Lipinski definition) is 5. The number of hydrogen-bond donors (Lipinski definition) is 0. The largest absolute Gasteiger partial charge is 0.356 e. The molecule has 1 aliphatic rings. The molecular formula is C33H33N3OS2. The Morgan fingerprint density at radius 1 is 0.897 bits per heavy atom. The van der Waals surface area contributed by atoms with Crippen LogP contribution in [0.1, 0.15) is 39.0 Å². The predicted octanol–water partition coefficient (Wildman–Crippen LogP) is 8.10. The van der Waals surface area contributed by atoms with Gasteiger partial charge in [-0.05, 0) is 81.0 Å². The first kappa shape index (κ1) is 31.1. The van der Waals surface area contributed by atoms with Crippen LogP contribution in [0.5, 0.6) is 0 Å². The summed E-state index contributed by atoms with van der Waals surface area (Å²) in [6.45, 7) is 17.1. The van der Waals surface area contributed by atoms with Crippen molar-refractivity contribution in [3.8, 4) is 11.4 Å². The fourth-order valence-corrected chi connectivity index (χ4v) is 6.23. The van der Waals surface area contributed by atoms with Crippen LogP contribution in [0.15, 0.2) is 113 Å². The molecule has 0 amide bonds. The van der Waals surface area contributed by atoms with E-state index in [0.29, 0.717) is 0 Å². The maximum absolute atomic E-state index is 12.7. The van der Waals surface area contributed by atoms with Gasteiger partial charge < -0.3 is 4.90 Å². The predicted molar refractivity (Wildman–Crippen MR) is 166 cm³/mol. The number of thiophene rings is 1. The molecule has 3 heterocycles. The van der Waals surface area contributed by atoms with Crippen molar-refractivity contribution in [2.45, 2.75) is 43.2 Å². The number of nitrogens with zero attached hydrogens (tertiary/aromatic N) is 3. The first-order valence-electron chi connectivity index (χ1n) is 12.7. The number of rotatable bonds is 6. The first-order chi connectivity index (χ1) is 19.1. The molecule has 1 atom stereocenters. The zero-order chi connectivity index (χ0) is 28.3. The molecule has 1 aromatic carbocycles. The summed E-state index contributed by atoms with van der Waals surface area (Å²) < 4.78 is 13.6. The summed E-state index contributed by atoms with van der Waals surface area (Å²) in [6, 6.07) is 12.2. The molecule has 0 aliphatic carbocycles. The molecule has 39 heavy (non-hydrogen) atoms. The van der Waals surface area contributed by atoms with Gasteiger partial charge in [-0.25, -0.2) is 9.97 Å². The number of benzene rings is 1. The van der Waals surface area contributed by atoms with E-state index in [2.05, 4.69) is 102 Å². The summed E-state index contributed by atoms with van der Waals surface area (Å²) in [7, 11) is -0.948. The molecule has 0 bridgehead atoms. The molecule has 0 spiro atoms. The minimum absolute atomic E-state index is 0.724. The molecule has 1 aliphatic heterocycles. The number of aromatic nitrogens is 2. The van der Waals surface area contributed by atoms with Crippen molar-refractivity contribution in [1.82, 2.24) is 9.97 Å². The van der Waals surface area contributed by atoms with Crippen LogP contribution in [0.25, 0.3) is 21.6 Å². The van der Waals surface area contributed by atoms with E-state index in [9.17, 15) is 4.21 Å². The van der Waals surface area contributed by atoms with Gasteiger partial charge in [-0.2, -0.15) is 0 Å². The molecule has 198 valence electrons. The molecular weight excluding hydrogens is 519 g/mol. The summed E-state index contributed by atoms with van der Waals surface area (Å²) in [6.07, 6.45) is 5.73. The molecule has 0 N–H and O–H groups in total. The average Bonchev–Trinajstić information content (AvgIpc) is 3.43. The molecule has 1 fully saturated rings. The van der Waals surface area contributed by atoms with Crippen LogP contribution in [-0.2, 0) is 10.8 Å². The molecule has 1 saturated heterocycles. The highest BCUT2D eigenvalue weighted by Crippen LogP contribution is 2.35. The Balaban J connectivity index is 0.000000374. The van der Waals surface area contributed by atoms with Crippen molar-refractivity contribution in [2.75, 3.05) is 23.7 Å². The smallest absolute Gasteiger partial charge is 0.163 e. The van der Waals surface area contributed by atoms with Gasteiger partial charge in [0.1, 0.15) is 10.6 Å². The van der Waals surface area contributed by atoms with Crippen LogP contribution in [0.2, 0.25) is 0 Å². The maximum Gasteiger partial charge on any atom is 0.163 e. The number of fused-ring (bicyclic) bond motifs is 1. The second-order valence-electron chi connectivity index (χ2n) is 8.18. The van der Waals surface area contributed by atoms with E-state index in [-0.39, 0.29) is 0 Å². The molecule has 4 rings (SSSR count). The average molecular weight is 552 g/mol. The number of unbranched alkanes of at least 4 members (excludes halogenated alkanes) is 1. The van der Waals surface area contributed by atoms with Gasteiger partial charge in [-0.15, -0.1) is 11.3 Å². The van der Waals surface area contributed by atoms with E-state index in [1.807, 2.05) is 18.2 Å². The van der Waals surface area contributed by atoms with Crippen LogP contribution in [0, 0.1) is 0 Å².